The third kappa shape index (κ3) is 4.21. The number of nitrogens with zero attached hydrogens (tertiary/aromatic N) is 2. The van der Waals surface area contributed by atoms with Crippen LogP contribution in [0.15, 0.2) is 6.07 Å². The van der Waals surface area contributed by atoms with E-state index in [0.717, 1.165) is 18.2 Å². The molecule has 0 fully saturated rings. The topological polar surface area (TPSA) is 63.8 Å². The number of rotatable bonds is 6. The van der Waals surface area contributed by atoms with Gasteiger partial charge in [0.15, 0.2) is 0 Å². The van der Waals surface area contributed by atoms with E-state index >= 15 is 0 Å². The number of hydrogen-bond acceptors (Lipinski definition) is 4. The number of aromatic nitrogens is 2. The van der Waals surface area contributed by atoms with Gasteiger partial charge in [0, 0.05) is 18.5 Å². The van der Waals surface area contributed by atoms with Crippen molar-refractivity contribution in [2.45, 2.75) is 46.5 Å². The smallest absolute Gasteiger partial charge is 0.135 e. The molecule has 1 rings (SSSR count). The Kier molecular flexibility index (Phi) is 5.19. The maximum Gasteiger partial charge on any atom is 0.135 e. The van der Waals surface area contributed by atoms with Gasteiger partial charge in [0.2, 0.25) is 0 Å². The highest BCUT2D eigenvalue weighted by Crippen LogP contribution is 2.16. The molecule has 0 atom stereocenters. The zero-order chi connectivity index (χ0) is 12.8. The third-order valence-corrected chi connectivity index (χ3v) is 3.01. The minimum absolute atomic E-state index is 0.298. The summed E-state index contributed by atoms with van der Waals surface area (Å²) in [5.41, 5.74) is 5.78. The predicted octanol–water partition coefficient (Wildman–Crippen LogP) is 3.03. The van der Waals surface area contributed by atoms with E-state index in [4.69, 9.17) is 5.73 Å². The van der Waals surface area contributed by atoms with Gasteiger partial charge in [-0.25, -0.2) is 9.97 Å². The average molecular weight is 236 g/mol. The lowest BCUT2D eigenvalue weighted by Crippen LogP contribution is -2.15. The second-order valence-electron chi connectivity index (χ2n) is 4.75. The molecule has 0 unspecified atom stereocenters. The van der Waals surface area contributed by atoms with E-state index < -0.39 is 0 Å². The van der Waals surface area contributed by atoms with Crippen molar-refractivity contribution in [1.82, 2.24) is 9.97 Å². The molecule has 96 valence electrons. The molecule has 3 N–H and O–H groups in total. The first-order valence-corrected chi connectivity index (χ1v) is 6.45. The summed E-state index contributed by atoms with van der Waals surface area (Å²) in [6, 6.07) is 1.80. The Morgan fingerprint density at radius 3 is 2.41 bits per heavy atom. The summed E-state index contributed by atoms with van der Waals surface area (Å²) >= 11 is 0. The zero-order valence-electron chi connectivity index (χ0n) is 11.3. The van der Waals surface area contributed by atoms with Crippen molar-refractivity contribution in [2.75, 3.05) is 17.6 Å². The first-order chi connectivity index (χ1) is 8.06. The van der Waals surface area contributed by atoms with Crippen LogP contribution in [0.5, 0.6) is 0 Å². The molecule has 1 aromatic heterocycles. The molecular formula is C13H24N4. The van der Waals surface area contributed by atoms with Crippen molar-refractivity contribution >= 4 is 11.6 Å². The summed E-state index contributed by atoms with van der Waals surface area (Å²) in [4.78, 5) is 8.70. The Bertz CT molecular complexity index is 345. The van der Waals surface area contributed by atoms with E-state index in [1.54, 1.807) is 6.07 Å². The Hall–Kier alpha value is -1.32. The molecule has 0 aromatic carbocycles. The molecule has 0 saturated heterocycles. The van der Waals surface area contributed by atoms with Crippen molar-refractivity contribution < 1.29 is 0 Å². The molecule has 0 amide bonds. The highest BCUT2D eigenvalue weighted by molar-refractivity contribution is 5.44. The molecule has 0 bridgehead atoms. The quantitative estimate of drug-likeness (QED) is 0.797. The zero-order valence-corrected chi connectivity index (χ0v) is 11.3. The predicted molar refractivity (Wildman–Crippen MR) is 73.1 cm³/mol. The van der Waals surface area contributed by atoms with Gasteiger partial charge < -0.3 is 11.1 Å². The first kappa shape index (κ1) is 13.7. The van der Waals surface area contributed by atoms with E-state index in [9.17, 15) is 0 Å². The van der Waals surface area contributed by atoms with Gasteiger partial charge in [-0.1, -0.05) is 40.5 Å². The number of nitrogens with one attached hydrogen (secondary N) is 1. The number of nitrogens with two attached hydrogens (primary N) is 1. The van der Waals surface area contributed by atoms with Crippen molar-refractivity contribution in [3.8, 4) is 0 Å². The molecule has 17 heavy (non-hydrogen) atoms. The second kappa shape index (κ2) is 6.42. The molecular weight excluding hydrogens is 212 g/mol. The summed E-state index contributed by atoms with van der Waals surface area (Å²) < 4.78 is 0. The molecule has 0 spiro atoms. The number of nitrogen functional groups attached to an aromatic ring is 1. The largest absolute Gasteiger partial charge is 0.384 e. The second-order valence-corrected chi connectivity index (χ2v) is 4.75. The van der Waals surface area contributed by atoms with Gasteiger partial charge in [0.05, 0.1) is 0 Å². The van der Waals surface area contributed by atoms with Crippen LogP contribution in [-0.4, -0.2) is 16.5 Å². The Balaban J connectivity index is 2.70. The van der Waals surface area contributed by atoms with E-state index in [0.29, 0.717) is 17.7 Å². The van der Waals surface area contributed by atoms with Crippen LogP contribution in [0.4, 0.5) is 11.6 Å². The Morgan fingerprint density at radius 1 is 1.24 bits per heavy atom. The van der Waals surface area contributed by atoms with Gasteiger partial charge in [0.1, 0.15) is 17.5 Å². The van der Waals surface area contributed by atoms with Crippen LogP contribution in [0.3, 0.4) is 0 Å². The Labute approximate surface area is 104 Å². The van der Waals surface area contributed by atoms with Gasteiger partial charge in [-0.2, -0.15) is 0 Å². The van der Waals surface area contributed by atoms with Crippen molar-refractivity contribution in [3.05, 3.63) is 11.9 Å². The molecule has 0 aliphatic carbocycles. The maximum atomic E-state index is 5.78. The minimum Gasteiger partial charge on any atom is -0.384 e. The van der Waals surface area contributed by atoms with E-state index in [1.807, 2.05) is 0 Å². The molecule has 0 aliphatic rings. The van der Waals surface area contributed by atoms with E-state index in [2.05, 4.69) is 43.0 Å². The summed E-state index contributed by atoms with van der Waals surface area (Å²) in [5, 5.41) is 3.35. The Morgan fingerprint density at radius 2 is 1.88 bits per heavy atom. The van der Waals surface area contributed by atoms with E-state index in [-0.39, 0.29) is 0 Å². The fourth-order valence-electron chi connectivity index (χ4n) is 1.66. The molecule has 4 nitrogen and oxygen atoms in total. The monoisotopic (exact) mass is 236 g/mol. The molecule has 0 saturated carbocycles. The van der Waals surface area contributed by atoms with Crippen LogP contribution in [0.2, 0.25) is 0 Å². The summed E-state index contributed by atoms with van der Waals surface area (Å²) in [7, 11) is 0. The lowest BCUT2D eigenvalue weighted by molar-refractivity contribution is 0.518. The summed E-state index contributed by atoms with van der Waals surface area (Å²) in [6.07, 6.45) is 2.36. The van der Waals surface area contributed by atoms with Crippen LogP contribution in [0, 0.1) is 5.92 Å². The van der Waals surface area contributed by atoms with Crippen LogP contribution in [0.25, 0.3) is 0 Å². The normalized spacial score (nSPS) is 11.2. The standard InChI is InChI=1S/C13H24N4/c1-5-10(6-2)8-15-12-7-11(14)16-13(17-12)9(3)4/h7,9-10H,5-6,8H2,1-4H3,(H3,14,15,16,17). The van der Waals surface area contributed by atoms with Gasteiger partial charge >= 0.3 is 0 Å². The van der Waals surface area contributed by atoms with Crippen molar-refractivity contribution in [3.63, 3.8) is 0 Å². The fourth-order valence-corrected chi connectivity index (χ4v) is 1.66. The van der Waals surface area contributed by atoms with Crippen LogP contribution >= 0.6 is 0 Å². The van der Waals surface area contributed by atoms with E-state index in [1.165, 1.54) is 12.8 Å². The first-order valence-electron chi connectivity index (χ1n) is 6.45. The molecule has 1 heterocycles. The lowest BCUT2D eigenvalue weighted by Gasteiger charge is -2.15. The summed E-state index contributed by atoms with van der Waals surface area (Å²) in [6.45, 7) is 9.51. The van der Waals surface area contributed by atoms with Gasteiger partial charge in [-0.15, -0.1) is 0 Å². The van der Waals surface area contributed by atoms with Gasteiger partial charge in [-0.3, -0.25) is 0 Å². The van der Waals surface area contributed by atoms with Gasteiger partial charge in [0.25, 0.3) is 0 Å². The highest BCUT2D eigenvalue weighted by Gasteiger charge is 2.08. The number of anilines is 2. The van der Waals surface area contributed by atoms with Crippen LogP contribution in [-0.2, 0) is 0 Å². The molecule has 0 radical (unpaired) electrons. The van der Waals surface area contributed by atoms with Crippen molar-refractivity contribution in [1.29, 1.82) is 0 Å². The number of hydrogen-bond donors (Lipinski definition) is 2. The minimum atomic E-state index is 0.298. The summed E-state index contributed by atoms with van der Waals surface area (Å²) in [5.74, 6) is 3.17. The maximum absolute atomic E-state index is 5.78. The van der Waals surface area contributed by atoms with Crippen LogP contribution < -0.4 is 11.1 Å². The third-order valence-electron chi connectivity index (χ3n) is 3.01. The highest BCUT2D eigenvalue weighted by atomic mass is 15.0. The van der Waals surface area contributed by atoms with Crippen LogP contribution in [0.1, 0.15) is 52.3 Å². The van der Waals surface area contributed by atoms with Gasteiger partial charge in [-0.05, 0) is 5.92 Å². The molecule has 4 heteroatoms. The van der Waals surface area contributed by atoms with Crippen molar-refractivity contribution in [2.24, 2.45) is 5.92 Å². The lowest BCUT2D eigenvalue weighted by atomic mass is 10.0. The fraction of sp³-hybridized carbons (Fsp3) is 0.692. The molecule has 0 aliphatic heterocycles. The molecule has 1 aromatic rings. The SMILES string of the molecule is CCC(CC)CNc1cc(N)nc(C(C)C)n1. The average Bonchev–Trinajstić information content (AvgIpc) is 2.29.